The largest absolute Gasteiger partial charge is 0.386 e. The summed E-state index contributed by atoms with van der Waals surface area (Å²) in [4.78, 5) is 3.93. The van der Waals surface area contributed by atoms with Crippen LogP contribution >= 0.6 is 23.2 Å². The van der Waals surface area contributed by atoms with Crippen LogP contribution in [0, 0.1) is 5.41 Å². The van der Waals surface area contributed by atoms with Crippen molar-refractivity contribution in [2.75, 3.05) is 0 Å². The van der Waals surface area contributed by atoms with Crippen LogP contribution in [0.5, 0.6) is 0 Å². The van der Waals surface area contributed by atoms with Crippen LogP contribution in [-0.4, -0.2) is 41.4 Å². The van der Waals surface area contributed by atoms with E-state index >= 15 is 0 Å². The van der Waals surface area contributed by atoms with Gasteiger partial charge < -0.3 is 5.11 Å². The highest BCUT2D eigenvalue weighted by Gasteiger charge is 2.27. The molecular formula is C17H20Cl2N6O. The first kappa shape index (κ1) is 20.1. The van der Waals surface area contributed by atoms with Gasteiger partial charge in [0.2, 0.25) is 0 Å². The van der Waals surface area contributed by atoms with Gasteiger partial charge in [0.25, 0.3) is 0 Å². The Kier molecular flexibility index (Phi) is 6.90. The molecule has 0 aliphatic heterocycles. The van der Waals surface area contributed by atoms with Crippen LogP contribution in [0.4, 0.5) is 0 Å². The lowest BCUT2D eigenvalue weighted by molar-refractivity contribution is 0.109. The molecule has 2 N–H and O–H groups in total. The molecular weight excluding hydrogens is 375 g/mol. The minimum atomic E-state index is -0.731. The van der Waals surface area contributed by atoms with Crippen molar-refractivity contribution in [3.8, 4) is 0 Å². The molecule has 0 fully saturated rings. The zero-order valence-electron chi connectivity index (χ0n) is 14.6. The van der Waals surface area contributed by atoms with Crippen LogP contribution in [0.25, 0.3) is 11.8 Å². The van der Waals surface area contributed by atoms with Gasteiger partial charge in [-0.05, 0) is 29.2 Å². The molecule has 7 nitrogen and oxygen atoms in total. The Morgan fingerprint density at radius 3 is 2.38 bits per heavy atom. The van der Waals surface area contributed by atoms with E-state index < -0.39 is 6.10 Å². The van der Waals surface area contributed by atoms with Crippen molar-refractivity contribution in [3.05, 3.63) is 58.9 Å². The topological polar surface area (TPSA) is 92.5 Å². The predicted molar refractivity (Wildman–Crippen MR) is 102 cm³/mol. The maximum absolute atomic E-state index is 10.6. The van der Waals surface area contributed by atoms with Crippen LogP contribution < -0.4 is 0 Å². The first-order chi connectivity index (χ1) is 12.3. The third-order valence-electron chi connectivity index (χ3n) is 3.38. The normalized spacial score (nSPS) is 13.1. The summed E-state index contributed by atoms with van der Waals surface area (Å²) in [6.07, 6.45) is 7.20. The lowest BCUT2D eigenvalue weighted by Gasteiger charge is -2.28. The molecule has 0 spiro atoms. The van der Waals surface area contributed by atoms with Gasteiger partial charge in [0.05, 0.1) is 18.1 Å². The number of rotatable bonds is 3. The van der Waals surface area contributed by atoms with Gasteiger partial charge in [-0.15, -0.1) is 0 Å². The highest BCUT2D eigenvalue weighted by molar-refractivity contribution is 6.35. The Hall–Kier alpha value is -2.22. The molecule has 0 amide bonds. The third kappa shape index (κ3) is 5.66. The number of nitrogens with one attached hydrogen (secondary N) is 1. The summed E-state index contributed by atoms with van der Waals surface area (Å²) in [7, 11) is 0. The van der Waals surface area contributed by atoms with E-state index in [2.05, 4.69) is 25.5 Å². The van der Waals surface area contributed by atoms with Crippen molar-refractivity contribution in [1.29, 1.82) is 0 Å². The van der Waals surface area contributed by atoms with Crippen molar-refractivity contribution < 1.29 is 5.11 Å². The summed E-state index contributed by atoms with van der Waals surface area (Å²) in [6.45, 7) is 5.85. The van der Waals surface area contributed by atoms with Gasteiger partial charge in [-0.3, -0.25) is 0 Å². The zero-order valence-corrected chi connectivity index (χ0v) is 16.1. The number of hydrogen-bond acceptors (Lipinski definition) is 5. The van der Waals surface area contributed by atoms with Gasteiger partial charge in [0.15, 0.2) is 0 Å². The van der Waals surface area contributed by atoms with Gasteiger partial charge in [0.1, 0.15) is 18.8 Å². The van der Waals surface area contributed by atoms with Crippen LogP contribution in [0.15, 0.2) is 43.2 Å². The third-order valence-corrected chi connectivity index (χ3v) is 3.94. The molecule has 26 heavy (non-hydrogen) atoms. The maximum atomic E-state index is 10.6. The van der Waals surface area contributed by atoms with Gasteiger partial charge in [-0.25, -0.2) is 9.67 Å². The van der Waals surface area contributed by atoms with Crippen molar-refractivity contribution in [2.24, 2.45) is 5.41 Å². The molecule has 138 valence electrons. The van der Waals surface area contributed by atoms with E-state index in [0.29, 0.717) is 15.7 Å². The number of benzene rings is 1. The molecule has 2 aromatic heterocycles. The molecule has 0 saturated carbocycles. The molecule has 9 heteroatoms. The first-order valence-electron chi connectivity index (χ1n) is 7.78. The fraction of sp³-hybridized carbons (Fsp3) is 0.294. The van der Waals surface area contributed by atoms with E-state index in [1.165, 1.54) is 6.33 Å². The van der Waals surface area contributed by atoms with Gasteiger partial charge >= 0.3 is 0 Å². The molecule has 1 aromatic carbocycles. The maximum Gasteiger partial charge on any atom is 0.138 e. The first-order valence-corrected chi connectivity index (χ1v) is 8.54. The van der Waals surface area contributed by atoms with Gasteiger partial charge in [0, 0.05) is 10.0 Å². The van der Waals surface area contributed by atoms with Crippen molar-refractivity contribution in [3.63, 3.8) is 0 Å². The smallest absolute Gasteiger partial charge is 0.138 e. The summed E-state index contributed by atoms with van der Waals surface area (Å²) in [5.74, 6) is 0. The number of aliphatic hydroxyl groups is 1. The molecule has 1 unspecified atom stereocenters. The molecule has 3 rings (SSSR count). The lowest BCUT2D eigenvalue weighted by atomic mass is 9.86. The average Bonchev–Trinajstić information content (AvgIpc) is 3.29. The predicted octanol–water partition coefficient (Wildman–Crippen LogP) is 3.79. The van der Waals surface area contributed by atoms with Crippen LogP contribution in [0.3, 0.4) is 0 Å². The molecule has 1 atom stereocenters. The molecule has 0 radical (unpaired) electrons. The van der Waals surface area contributed by atoms with Crippen LogP contribution in [-0.2, 0) is 0 Å². The summed E-state index contributed by atoms with van der Waals surface area (Å²) in [5, 5.41) is 25.1. The van der Waals surface area contributed by atoms with Crippen LogP contribution in [0.2, 0.25) is 10.0 Å². The van der Waals surface area contributed by atoms with Gasteiger partial charge in [-0.2, -0.15) is 20.5 Å². The number of aromatic nitrogens is 6. The fourth-order valence-corrected chi connectivity index (χ4v) is 2.46. The molecule has 0 aliphatic rings. The summed E-state index contributed by atoms with van der Waals surface area (Å²) < 4.78 is 1.54. The van der Waals surface area contributed by atoms with E-state index in [4.69, 9.17) is 23.2 Å². The lowest BCUT2D eigenvalue weighted by Crippen LogP contribution is -2.29. The molecule has 0 aliphatic carbocycles. The molecule has 3 aromatic rings. The SMILES string of the molecule is CC(C)(C)C(O)/C(=C\c1ccc(Cl)cc1Cl)n1cncn1.c1cn[nH]n1. The fourth-order valence-electron chi connectivity index (χ4n) is 2.00. The standard InChI is InChI=1S/C15H17Cl2N3O.C2H3N3/c1-15(2,3)14(21)13(20-9-18-8-19-20)6-10-4-5-11(16)7-12(10)17;1-2-4-5-3-1/h4-9,14,21H,1-3H3;1-2H,(H,3,4,5)/b13-6+;. The van der Waals surface area contributed by atoms with Crippen molar-refractivity contribution >= 4 is 35.0 Å². The second-order valence-corrected chi connectivity index (χ2v) is 7.34. The number of halogens is 2. The highest BCUT2D eigenvalue weighted by atomic mass is 35.5. The molecule has 2 heterocycles. The van der Waals surface area contributed by atoms with E-state index in [-0.39, 0.29) is 5.41 Å². The minimum Gasteiger partial charge on any atom is -0.386 e. The summed E-state index contributed by atoms with van der Waals surface area (Å²) in [5.41, 5.74) is 1.01. The number of hydrogen-bond donors (Lipinski definition) is 2. The number of H-pyrrole nitrogens is 1. The van der Waals surface area contributed by atoms with Gasteiger partial charge in [-0.1, -0.05) is 50.0 Å². The zero-order chi connectivity index (χ0) is 19.2. The monoisotopic (exact) mass is 394 g/mol. The summed E-state index contributed by atoms with van der Waals surface area (Å²) in [6, 6.07) is 5.22. The van der Waals surface area contributed by atoms with Crippen molar-refractivity contribution in [1.82, 2.24) is 30.2 Å². The highest BCUT2D eigenvalue weighted by Crippen LogP contribution is 2.30. The number of aromatic amines is 1. The average molecular weight is 395 g/mol. The minimum absolute atomic E-state index is 0.351. The van der Waals surface area contributed by atoms with Crippen LogP contribution in [0.1, 0.15) is 26.3 Å². The van der Waals surface area contributed by atoms with E-state index in [1.807, 2.05) is 20.8 Å². The van der Waals surface area contributed by atoms with E-state index in [1.54, 1.807) is 47.7 Å². The Morgan fingerprint density at radius 2 is 1.92 bits per heavy atom. The molecule has 0 bridgehead atoms. The second kappa shape index (κ2) is 8.93. The van der Waals surface area contributed by atoms with E-state index in [0.717, 1.165) is 5.56 Å². The Morgan fingerprint density at radius 1 is 1.23 bits per heavy atom. The number of aliphatic hydroxyl groups excluding tert-OH is 1. The Balaban J connectivity index is 0.000000417. The van der Waals surface area contributed by atoms with E-state index in [9.17, 15) is 5.11 Å². The second-order valence-electron chi connectivity index (χ2n) is 6.50. The quantitative estimate of drug-likeness (QED) is 0.704. The number of nitrogens with zero attached hydrogens (tertiary/aromatic N) is 5. The molecule has 0 saturated heterocycles. The van der Waals surface area contributed by atoms with Crippen molar-refractivity contribution in [2.45, 2.75) is 26.9 Å². The Labute approximate surface area is 161 Å². The summed E-state index contributed by atoms with van der Waals surface area (Å²) >= 11 is 12.1. The Bertz CT molecular complexity index is 808.